The van der Waals surface area contributed by atoms with Crippen LogP contribution in [0.2, 0.25) is 0 Å². The fourth-order valence-electron chi connectivity index (χ4n) is 5.98. The highest BCUT2D eigenvalue weighted by molar-refractivity contribution is 5.99. The zero-order valence-electron chi connectivity index (χ0n) is 19.4. The van der Waals surface area contributed by atoms with Crippen molar-refractivity contribution < 1.29 is 29.0 Å². The maximum absolute atomic E-state index is 14.1. The molecule has 0 bridgehead atoms. The molecule has 2 amide bonds. The molecule has 4 aliphatic rings. The van der Waals surface area contributed by atoms with Crippen LogP contribution in [0, 0.1) is 11.8 Å². The number of amides is 2. The second kappa shape index (κ2) is 8.36. The number of aliphatic hydroxyl groups is 1. The lowest BCUT2D eigenvalue weighted by atomic mass is 9.74. The number of rotatable bonds is 4. The number of nitrogens with zero attached hydrogens (tertiary/aromatic N) is 2. The van der Waals surface area contributed by atoms with E-state index in [4.69, 9.17) is 9.47 Å². The summed E-state index contributed by atoms with van der Waals surface area (Å²) in [5.74, 6) is -2.95. The summed E-state index contributed by atoms with van der Waals surface area (Å²) in [6.45, 7) is 4.12. The molecule has 2 saturated heterocycles. The summed E-state index contributed by atoms with van der Waals surface area (Å²) in [4.78, 5) is 44.3. The van der Waals surface area contributed by atoms with Crippen molar-refractivity contribution in [3.63, 3.8) is 0 Å². The Labute approximate surface area is 198 Å². The molecule has 5 rings (SSSR count). The average Bonchev–Trinajstić information content (AvgIpc) is 3.15. The van der Waals surface area contributed by atoms with E-state index in [1.54, 1.807) is 24.8 Å². The Bertz CT molecular complexity index is 1050. The summed E-state index contributed by atoms with van der Waals surface area (Å²) in [7, 11) is 0. The number of likely N-dealkylation sites (tertiary alicyclic amines) is 1. The van der Waals surface area contributed by atoms with E-state index in [0.717, 1.165) is 5.56 Å². The smallest absolute Gasteiger partial charge is 0.313 e. The van der Waals surface area contributed by atoms with Crippen molar-refractivity contribution in [3.05, 3.63) is 60.2 Å². The molecule has 0 radical (unpaired) electrons. The number of aliphatic hydroxyl groups excluding tert-OH is 1. The maximum atomic E-state index is 14.1. The predicted molar refractivity (Wildman–Crippen MR) is 122 cm³/mol. The number of cyclic esters (lactones) is 1. The van der Waals surface area contributed by atoms with E-state index in [1.165, 1.54) is 4.90 Å². The molecule has 1 aromatic carbocycles. The van der Waals surface area contributed by atoms with Gasteiger partial charge in [0.05, 0.1) is 30.8 Å². The molecule has 0 aliphatic carbocycles. The quantitative estimate of drug-likeness (QED) is 0.533. The van der Waals surface area contributed by atoms with Crippen LogP contribution in [-0.2, 0) is 30.4 Å². The second-order valence-electron chi connectivity index (χ2n) is 9.74. The molecule has 2 fully saturated rings. The van der Waals surface area contributed by atoms with Gasteiger partial charge >= 0.3 is 5.97 Å². The Morgan fingerprint density at radius 3 is 2.59 bits per heavy atom. The average molecular weight is 467 g/mol. The van der Waals surface area contributed by atoms with Crippen LogP contribution in [0.3, 0.4) is 0 Å². The lowest BCUT2D eigenvalue weighted by molar-refractivity contribution is -0.161. The number of benzene rings is 1. The standard InChI is InChI=1S/C26H30N2O6/c1-17(16-29)28-21-23(31)27(15-18-9-4-3-5-10-18)13-8-12-26(21)19(22(28)30)20-24(32)33-14-7-6-11-25(20,2)34-26/h3-6,8-12,17,19-21,29H,7,13-16H2,1-2H3/t17-,19+,20+,21?,25-,26+/m1/s1. The number of carbonyl (C=O) groups is 3. The van der Waals surface area contributed by atoms with Gasteiger partial charge in [0.25, 0.3) is 0 Å². The van der Waals surface area contributed by atoms with Crippen molar-refractivity contribution in [3.8, 4) is 0 Å². The van der Waals surface area contributed by atoms with Gasteiger partial charge in [0.2, 0.25) is 11.8 Å². The number of hydrogen-bond acceptors (Lipinski definition) is 6. The second-order valence-corrected chi connectivity index (χ2v) is 9.74. The monoisotopic (exact) mass is 466 g/mol. The summed E-state index contributed by atoms with van der Waals surface area (Å²) in [6.07, 6.45) is 7.94. The number of ether oxygens (including phenoxy) is 2. The van der Waals surface area contributed by atoms with Crippen molar-refractivity contribution in [1.82, 2.24) is 9.80 Å². The predicted octanol–water partition coefficient (Wildman–Crippen LogP) is 1.44. The van der Waals surface area contributed by atoms with E-state index in [-0.39, 0.29) is 25.0 Å². The van der Waals surface area contributed by atoms with Gasteiger partial charge < -0.3 is 24.4 Å². The van der Waals surface area contributed by atoms with Gasteiger partial charge in [0.15, 0.2) is 0 Å². The molecule has 1 aromatic rings. The van der Waals surface area contributed by atoms with Crippen LogP contribution in [0.15, 0.2) is 54.6 Å². The van der Waals surface area contributed by atoms with Gasteiger partial charge in [-0.1, -0.05) is 54.6 Å². The van der Waals surface area contributed by atoms with Crippen LogP contribution in [0.5, 0.6) is 0 Å². The summed E-state index contributed by atoms with van der Waals surface area (Å²) >= 11 is 0. The highest BCUT2D eigenvalue weighted by Crippen LogP contribution is 2.57. The summed E-state index contributed by atoms with van der Waals surface area (Å²) in [5.41, 5.74) is -1.46. The van der Waals surface area contributed by atoms with Crippen LogP contribution < -0.4 is 0 Å². The fraction of sp³-hybridized carbons (Fsp3) is 0.500. The number of fused-ring (bicyclic) bond motifs is 2. The third-order valence-corrected chi connectivity index (χ3v) is 7.50. The highest BCUT2D eigenvalue weighted by atomic mass is 16.6. The van der Waals surface area contributed by atoms with Crippen LogP contribution in [-0.4, -0.2) is 75.7 Å². The minimum Gasteiger partial charge on any atom is -0.465 e. The molecule has 34 heavy (non-hydrogen) atoms. The van der Waals surface area contributed by atoms with Crippen LogP contribution >= 0.6 is 0 Å². The zero-order chi connectivity index (χ0) is 24.1. The first kappa shape index (κ1) is 22.8. The van der Waals surface area contributed by atoms with E-state index in [0.29, 0.717) is 19.5 Å². The Morgan fingerprint density at radius 1 is 1.09 bits per heavy atom. The van der Waals surface area contributed by atoms with Gasteiger partial charge in [-0.3, -0.25) is 14.4 Å². The fourth-order valence-corrected chi connectivity index (χ4v) is 5.98. The normalized spacial score (nSPS) is 35.7. The molecule has 6 atom stereocenters. The first-order valence-electron chi connectivity index (χ1n) is 11.8. The lowest BCUT2D eigenvalue weighted by Crippen LogP contribution is -2.58. The van der Waals surface area contributed by atoms with E-state index in [9.17, 15) is 19.5 Å². The SMILES string of the molecule is C[C@H](CO)N1C(=O)[C@@H]2[C@H]3C(=O)OCCC=C[C@@]3(C)O[C@@]23C=CCN(Cc2ccccc2)C(=O)C13. The van der Waals surface area contributed by atoms with Crippen LogP contribution in [0.4, 0.5) is 0 Å². The summed E-state index contributed by atoms with van der Waals surface area (Å²) in [5, 5.41) is 9.96. The van der Waals surface area contributed by atoms with Crippen LogP contribution in [0.25, 0.3) is 0 Å². The van der Waals surface area contributed by atoms with Crippen molar-refractivity contribution in [2.75, 3.05) is 19.8 Å². The van der Waals surface area contributed by atoms with E-state index in [1.807, 2.05) is 48.6 Å². The van der Waals surface area contributed by atoms with Gasteiger partial charge in [-0.25, -0.2) is 0 Å². The molecule has 0 aromatic heterocycles. The van der Waals surface area contributed by atoms with Crippen molar-refractivity contribution in [2.45, 2.75) is 50.1 Å². The Hall–Kier alpha value is -2.97. The third-order valence-electron chi connectivity index (χ3n) is 7.50. The minimum absolute atomic E-state index is 0.232. The van der Waals surface area contributed by atoms with Gasteiger partial charge in [0.1, 0.15) is 17.6 Å². The summed E-state index contributed by atoms with van der Waals surface area (Å²) in [6, 6.07) is 8.03. The molecule has 8 nitrogen and oxygen atoms in total. The van der Waals surface area contributed by atoms with Gasteiger partial charge in [-0.2, -0.15) is 0 Å². The molecule has 0 saturated carbocycles. The van der Waals surface area contributed by atoms with Crippen molar-refractivity contribution in [2.24, 2.45) is 11.8 Å². The molecule has 4 heterocycles. The Kier molecular flexibility index (Phi) is 5.61. The van der Waals surface area contributed by atoms with Crippen molar-refractivity contribution >= 4 is 17.8 Å². The molecule has 1 unspecified atom stereocenters. The number of hydrogen-bond donors (Lipinski definition) is 1. The van der Waals surface area contributed by atoms with Gasteiger partial charge in [0, 0.05) is 13.1 Å². The molecule has 8 heteroatoms. The molecular weight excluding hydrogens is 436 g/mol. The van der Waals surface area contributed by atoms with Gasteiger partial charge in [-0.05, 0) is 25.8 Å². The Morgan fingerprint density at radius 2 is 1.85 bits per heavy atom. The van der Waals surface area contributed by atoms with E-state index >= 15 is 0 Å². The minimum atomic E-state index is -1.34. The summed E-state index contributed by atoms with van der Waals surface area (Å²) < 4.78 is 12.1. The van der Waals surface area contributed by atoms with Crippen molar-refractivity contribution in [1.29, 1.82) is 0 Å². The topological polar surface area (TPSA) is 96.4 Å². The van der Waals surface area contributed by atoms with Crippen LogP contribution in [0.1, 0.15) is 25.8 Å². The lowest BCUT2D eigenvalue weighted by Gasteiger charge is -2.39. The van der Waals surface area contributed by atoms with Gasteiger partial charge in [-0.15, -0.1) is 0 Å². The first-order valence-corrected chi connectivity index (χ1v) is 11.8. The largest absolute Gasteiger partial charge is 0.465 e. The molecule has 4 aliphatic heterocycles. The molecule has 180 valence electrons. The number of esters is 1. The molecule has 1 spiro atoms. The zero-order valence-corrected chi connectivity index (χ0v) is 19.4. The number of carbonyl (C=O) groups excluding carboxylic acids is 3. The molecule has 1 N–H and O–H groups in total. The van der Waals surface area contributed by atoms with E-state index < -0.39 is 41.1 Å². The maximum Gasteiger partial charge on any atom is 0.313 e. The first-order chi connectivity index (χ1) is 16.3. The molecular formula is C26H30N2O6. The van der Waals surface area contributed by atoms with E-state index in [2.05, 4.69) is 0 Å². The Balaban J connectivity index is 1.62. The highest BCUT2D eigenvalue weighted by Gasteiger charge is 2.75. The third kappa shape index (κ3) is 3.31.